The van der Waals surface area contributed by atoms with E-state index in [9.17, 15) is 4.79 Å². The number of para-hydroxylation sites is 1. The molecule has 2 saturated heterocycles. The number of carbonyl (C=O) groups is 1. The second-order valence-corrected chi connectivity index (χ2v) is 8.36. The zero-order chi connectivity index (χ0) is 17.4. The predicted molar refractivity (Wildman–Crippen MR) is 114 cm³/mol. The average molecular weight is 484 g/mol. The fourth-order valence-corrected chi connectivity index (χ4v) is 4.87. The molecule has 0 spiro atoms. The van der Waals surface area contributed by atoms with Gasteiger partial charge in [0, 0.05) is 21.6 Å². The molecule has 2 aliphatic rings. The van der Waals surface area contributed by atoms with Crippen LogP contribution in [0.15, 0.2) is 54.6 Å². The van der Waals surface area contributed by atoms with E-state index in [1.54, 1.807) is 0 Å². The first-order valence-electron chi connectivity index (χ1n) is 8.87. The zero-order valence-corrected chi connectivity index (χ0v) is 17.7. The molecule has 4 unspecified atom stereocenters. The van der Waals surface area contributed by atoms with E-state index in [1.807, 2.05) is 30.3 Å². The summed E-state index contributed by atoms with van der Waals surface area (Å²) in [5.74, 6) is 0.675. The van der Waals surface area contributed by atoms with E-state index in [2.05, 4.69) is 58.8 Å². The Morgan fingerprint density at radius 2 is 1.77 bits per heavy atom. The number of benzene rings is 2. The summed E-state index contributed by atoms with van der Waals surface area (Å²) in [4.78, 5) is 15.5. The second kappa shape index (κ2) is 8.28. The minimum Gasteiger partial charge on any atom is -0.426 e. The minimum absolute atomic E-state index is 0. The molecule has 4 atom stereocenters. The molecule has 2 aromatic rings. The van der Waals surface area contributed by atoms with Crippen LogP contribution < -0.4 is 4.74 Å². The molecule has 0 aromatic heterocycles. The third-order valence-corrected chi connectivity index (χ3v) is 6.52. The maximum Gasteiger partial charge on any atom is 0.316 e. The fraction of sp³-hybridized carbons (Fsp3) is 0.381. The van der Waals surface area contributed by atoms with Gasteiger partial charge in [-0.3, -0.25) is 9.69 Å². The van der Waals surface area contributed by atoms with Gasteiger partial charge in [0.05, 0.1) is 5.92 Å². The van der Waals surface area contributed by atoms with Crippen molar-refractivity contribution in [3.8, 4) is 5.75 Å². The van der Waals surface area contributed by atoms with Crippen molar-refractivity contribution in [1.29, 1.82) is 0 Å². The first-order valence-corrected chi connectivity index (χ1v) is 9.95. The maximum atomic E-state index is 13.1. The molecule has 0 amide bonds. The van der Waals surface area contributed by atoms with E-state index >= 15 is 0 Å². The SMILES string of the molecule is CN1C2CCC1C(C(=O)Oc1ccccc1)C(c1ccc(I)cc1)C2.Cl. The topological polar surface area (TPSA) is 29.5 Å². The van der Waals surface area contributed by atoms with E-state index in [0.29, 0.717) is 11.8 Å². The van der Waals surface area contributed by atoms with Gasteiger partial charge in [-0.05, 0) is 78.7 Å². The van der Waals surface area contributed by atoms with Crippen LogP contribution in [0, 0.1) is 9.49 Å². The average Bonchev–Trinajstić information content (AvgIpc) is 2.86. The number of fused-ring (bicyclic) bond motifs is 2. The lowest BCUT2D eigenvalue weighted by Crippen LogP contribution is -2.49. The first-order chi connectivity index (χ1) is 12.1. The Morgan fingerprint density at radius 3 is 2.46 bits per heavy atom. The summed E-state index contributed by atoms with van der Waals surface area (Å²) >= 11 is 2.32. The van der Waals surface area contributed by atoms with Crippen molar-refractivity contribution in [2.45, 2.75) is 37.3 Å². The molecule has 2 heterocycles. The highest BCUT2D eigenvalue weighted by Crippen LogP contribution is 2.46. The normalized spacial score (nSPS) is 27.6. The molecule has 3 nitrogen and oxygen atoms in total. The van der Waals surface area contributed by atoms with Crippen LogP contribution in [-0.2, 0) is 4.79 Å². The van der Waals surface area contributed by atoms with Crippen LogP contribution in [0.1, 0.15) is 30.7 Å². The van der Waals surface area contributed by atoms with Gasteiger partial charge < -0.3 is 4.74 Å². The molecule has 0 saturated carbocycles. The summed E-state index contributed by atoms with van der Waals surface area (Å²) in [6.45, 7) is 0. The minimum atomic E-state index is -0.107. The van der Waals surface area contributed by atoms with Gasteiger partial charge in [-0.15, -0.1) is 12.4 Å². The maximum absolute atomic E-state index is 13.1. The van der Waals surface area contributed by atoms with Crippen LogP contribution in [-0.4, -0.2) is 30.0 Å². The van der Waals surface area contributed by atoms with Gasteiger partial charge in [0.1, 0.15) is 5.75 Å². The number of halogens is 2. The summed E-state index contributed by atoms with van der Waals surface area (Å²) in [7, 11) is 2.16. The third kappa shape index (κ3) is 3.78. The lowest BCUT2D eigenvalue weighted by molar-refractivity contribution is -0.143. The highest BCUT2D eigenvalue weighted by Gasteiger charge is 2.49. The van der Waals surface area contributed by atoms with E-state index < -0.39 is 0 Å². The van der Waals surface area contributed by atoms with Crippen molar-refractivity contribution in [3.63, 3.8) is 0 Å². The fourth-order valence-electron chi connectivity index (χ4n) is 4.51. The van der Waals surface area contributed by atoms with Crippen LogP contribution >= 0.6 is 35.0 Å². The van der Waals surface area contributed by atoms with Gasteiger partial charge in [-0.25, -0.2) is 0 Å². The molecule has 0 radical (unpaired) electrons. The van der Waals surface area contributed by atoms with Gasteiger partial charge in [-0.2, -0.15) is 0 Å². The molecule has 4 rings (SSSR count). The highest BCUT2D eigenvalue weighted by molar-refractivity contribution is 14.1. The lowest BCUT2D eigenvalue weighted by Gasteiger charge is -2.41. The largest absolute Gasteiger partial charge is 0.426 e. The zero-order valence-electron chi connectivity index (χ0n) is 14.7. The molecule has 5 heteroatoms. The van der Waals surface area contributed by atoms with Gasteiger partial charge in [0.25, 0.3) is 0 Å². The molecule has 2 aliphatic heterocycles. The van der Waals surface area contributed by atoms with Crippen LogP contribution in [0.2, 0.25) is 0 Å². The third-order valence-electron chi connectivity index (χ3n) is 5.80. The summed E-state index contributed by atoms with van der Waals surface area (Å²) in [5.41, 5.74) is 1.26. The number of carbonyl (C=O) groups excluding carboxylic acids is 1. The number of rotatable bonds is 3. The summed E-state index contributed by atoms with van der Waals surface area (Å²) in [5, 5.41) is 0. The first kappa shape index (κ1) is 19.6. The molecular formula is C21H23ClINO2. The Bertz CT molecular complexity index is 752. The molecule has 2 fully saturated rings. The van der Waals surface area contributed by atoms with Crippen LogP contribution in [0.5, 0.6) is 5.75 Å². The van der Waals surface area contributed by atoms with Gasteiger partial charge in [0.2, 0.25) is 0 Å². The Labute approximate surface area is 174 Å². The Morgan fingerprint density at radius 1 is 1.08 bits per heavy atom. The number of hydrogen-bond acceptors (Lipinski definition) is 3. The van der Waals surface area contributed by atoms with E-state index in [0.717, 1.165) is 12.8 Å². The number of nitrogens with zero attached hydrogens (tertiary/aromatic N) is 1. The molecule has 26 heavy (non-hydrogen) atoms. The van der Waals surface area contributed by atoms with Crippen LogP contribution in [0.3, 0.4) is 0 Å². The van der Waals surface area contributed by atoms with Crippen molar-refractivity contribution >= 4 is 41.0 Å². The van der Waals surface area contributed by atoms with Crippen LogP contribution in [0.25, 0.3) is 0 Å². The summed E-state index contributed by atoms with van der Waals surface area (Å²) in [6.07, 6.45) is 3.29. The molecular weight excluding hydrogens is 461 g/mol. The van der Waals surface area contributed by atoms with Crippen molar-refractivity contribution < 1.29 is 9.53 Å². The van der Waals surface area contributed by atoms with Gasteiger partial charge in [-0.1, -0.05) is 30.3 Å². The van der Waals surface area contributed by atoms with Gasteiger partial charge in [0.15, 0.2) is 0 Å². The molecule has 0 aliphatic carbocycles. The predicted octanol–water partition coefficient (Wildman–Crippen LogP) is 4.88. The second-order valence-electron chi connectivity index (χ2n) is 7.12. The number of hydrogen-bond donors (Lipinski definition) is 0. The van der Waals surface area contributed by atoms with Crippen molar-refractivity contribution in [1.82, 2.24) is 4.90 Å². The monoisotopic (exact) mass is 483 g/mol. The summed E-state index contributed by atoms with van der Waals surface area (Å²) < 4.78 is 6.98. The summed E-state index contributed by atoms with van der Waals surface area (Å²) in [6, 6.07) is 18.9. The lowest BCUT2D eigenvalue weighted by atomic mass is 9.76. The van der Waals surface area contributed by atoms with E-state index in [4.69, 9.17) is 4.74 Å². The Hall–Kier alpha value is -1.11. The number of ether oxygens (including phenoxy) is 1. The van der Waals surface area contributed by atoms with Crippen molar-refractivity contribution in [2.24, 2.45) is 5.92 Å². The van der Waals surface area contributed by atoms with Crippen LogP contribution in [0.4, 0.5) is 0 Å². The molecule has 0 N–H and O–H groups in total. The molecule has 2 aromatic carbocycles. The standard InChI is InChI=1S/C21H22INO2.ClH/c1-23-16-11-12-19(23)20(21(24)25-17-5-3-2-4-6-17)18(13-16)14-7-9-15(22)10-8-14;/h2-10,16,18-20H,11-13H2,1H3;1H. The number of piperidine rings is 1. The number of esters is 1. The Kier molecular flexibility index (Phi) is 6.25. The van der Waals surface area contributed by atoms with Crippen molar-refractivity contribution in [3.05, 3.63) is 63.7 Å². The van der Waals surface area contributed by atoms with Gasteiger partial charge >= 0.3 is 5.97 Å². The van der Waals surface area contributed by atoms with E-state index in [1.165, 1.54) is 15.6 Å². The smallest absolute Gasteiger partial charge is 0.316 e. The quantitative estimate of drug-likeness (QED) is 0.354. The highest BCUT2D eigenvalue weighted by atomic mass is 127. The van der Waals surface area contributed by atoms with Crippen molar-refractivity contribution in [2.75, 3.05) is 7.05 Å². The van der Waals surface area contributed by atoms with E-state index in [-0.39, 0.29) is 36.3 Å². The molecule has 2 bridgehead atoms. The molecule has 138 valence electrons. The Balaban J connectivity index is 0.00000196.